The van der Waals surface area contributed by atoms with Gasteiger partial charge in [0.15, 0.2) is 5.75 Å². The van der Waals surface area contributed by atoms with E-state index >= 15 is 0 Å². The third-order valence-corrected chi connectivity index (χ3v) is 3.47. The number of nitrogens with zero attached hydrogens (tertiary/aromatic N) is 3. The Hall–Kier alpha value is -1.36. The van der Waals surface area contributed by atoms with Crippen molar-refractivity contribution >= 4 is 5.95 Å². The molecule has 106 valence electrons. The molecular weight excluding hydrogens is 240 g/mol. The smallest absolute Gasteiger partial charge is 0.225 e. The zero-order valence-corrected chi connectivity index (χ0v) is 12.1. The topological polar surface area (TPSA) is 50.3 Å². The average Bonchev–Trinajstić information content (AvgIpc) is 2.45. The molecule has 0 spiro atoms. The summed E-state index contributed by atoms with van der Waals surface area (Å²) in [6.07, 6.45) is 5.96. The number of rotatable bonds is 5. The van der Waals surface area contributed by atoms with Crippen LogP contribution in [0.2, 0.25) is 0 Å². The second-order valence-corrected chi connectivity index (χ2v) is 5.44. The van der Waals surface area contributed by atoms with Crippen LogP contribution in [0.3, 0.4) is 0 Å². The third-order valence-electron chi connectivity index (χ3n) is 3.47. The highest BCUT2D eigenvalue weighted by Crippen LogP contribution is 2.20. The SMILES string of the molecule is COc1cnc(N2CCCC(CNC(C)C)C2)nc1. The van der Waals surface area contributed by atoms with Crippen LogP contribution in [0.1, 0.15) is 26.7 Å². The van der Waals surface area contributed by atoms with E-state index in [0.29, 0.717) is 17.7 Å². The van der Waals surface area contributed by atoms with Crippen LogP contribution in [-0.4, -0.2) is 42.8 Å². The highest BCUT2D eigenvalue weighted by atomic mass is 16.5. The number of methoxy groups -OCH3 is 1. The molecule has 0 aliphatic carbocycles. The molecular formula is C14H24N4O. The first-order valence-corrected chi connectivity index (χ1v) is 7.03. The maximum Gasteiger partial charge on any atom is 0.225 e. The van der Waals surface area contributed by atoms with E-state index < -0.39 is 0 Å². The van der Waals surface area contributed by atoms with E-state index in [1.807, 2.05) is 0 Å². The Morgan fingerprint density at radius 1 is 1.42 bits per heavy atom. The molecule has 19 heavy (non-hydrogen) atoms. The van der Waals surface area contributed by atoms with E-state index in [0.717, 1.165) is 25.6 Å². The molecule has 1 aliphatic rings. The first-order chi connectivity index (χ1) is 9.19. The first kappa shape index (κ1) is 14.1. The van der Waals surface area contributed by atoms with Gasteiger partial charge in [-0.15, -0.1) is 0 Å². The molecule has 1 N–H and O–H groups in total. The summed E-state index contributed by atoms with van der Waals surface area (Å²) < 4.78 is 5.09. The summed E-state index contributed by atoms with van der Waals surface area (Å²) in [4.78, 5) is 11.0. The molecule has 5 heteroatoms. The Labute approximate surface area is 115 Å². The van der Waals surface area contributed by atoms with Crippen molar-refractivity contribution in [1.82, 2.24) is 15.3 Å². The van der Waals surface area contributed by atoms with Crippen LogP contribution >= 0.6 is 0 Å². The summed E-state index contributed by atoms with van der Waals surface area (Å²) in [6.45, 7) is 7.53. The summed E-state index contributed by atoms with van der Waals surface area (Å²) in [5.41, 5.74) is 0. The molecule has 1 aliphatic heterocycles. The standard InChI is InChI=1S/C14H24N4O/c1-11(2)15-7-12-5-4-6-18(10-12)14-16-8-13(19-3)9-17-14/h8-9,11-12,15H,4-7,10H2,1-3H3. The van der Waals surface area contributed by atoms with Gasteiger partial charge in [-0.2, -0.15) is 0 Å². The van der Waals surface area contributed by atoms with Gasteiger partial charge >= 0.3 is 0 Å². The Kier molecular flexibility index (Phi) is 4.96. The molecule has 2 rings (SSSR count). The quantitative estimate of drug-likeness (QED) is 0.877. The number of nitrogens with one attached hydrogen (secondary N) is 1. The van der Waals surface area contributed by atoms with Gasteiger partial charge in [-0.3, -0.25) is 0 Å². The van der Waals surface area contributed by atoms with Crippen LogP contribution in [-0.2, 0) is 0 Å². The van der Waals surface area contributed by atoms with Gasteiger partial charge in [-0.1, -0.05) is 13.8 Å². The summed E-state index contributed by atoms with van der Waals surface area (Å²) in [7, 11) is 1.63. The van der Waals surface area contributed by atoms with Gasteiger partial charge in [0, 0.05) is 19.1 Å². The summed E-state index contributed by atoms with van der Waals surface area (Å²) in [5.74, 6) is 2.20. The molecule has 5 nitrogen and oxygen atoms in total. The molecule has 1 aromatic heterocycles. The minimum atomic E-state index is 0.549. The lowest BCUT2D eigenvalue weighted by Gasteiger charge is -2.33. The van der Waals surface area contributed by atoms with Crippen molar-refractivity contribution in [2.24, 2.45) is 5.92 Å². The second-order valence-electron chi connectivity index (χ2n) is 5.44. The Morgan fingerprint density at radius 3 is 2.79 bits per heavy atom. The van der Waals surface area contributed by atoms with E-state index in [2.05, 4.69) is 34.0 Å². The fraction of sp³-hybridized carbons (Fsp3) is 0.714. The lowest BCUT2D eigenvalue weighted by atomic mass is 9.98. The number of ether oxygens (including phenoxy) is 1. The van der Waals surface area contributed by atoms with Crippen LogP contribution in [0.15, 0.2) is 12.4 Å². The lowest BCUT2D eigenvalue weighted by molar-refractivity contribution is 0.375. The van der Waals surface area contributed by atoms with Crippen molar-refractivity contribution in [3.05, 3.63) is 12.4 Å². The van der Waals surface area contributed by atoms with Crippen LogP contribution < -0.4 is 15.0 Å². The van der Waals surface area contributed by atoms with Crippen LogP contribution in [0.5, 0.6) is 5.75 Å². The fourth-order valence-electron chi connectivity index (χ4n) is 2.39. The molecule has 1 saturated heterocycles. The van der Waals surface area contributed by atoms with Crippen LogP contribution in [0.4, 0.5) is 5.95 Å². The van der Waals surface area contributed by atoms with Crippen molar-refractivity contribution in [1.29, 1.82) is 0 Å². The predicted molar refractivity (Wildman–Crippen MR) is 76.7 cm³/mol. The number of aromatic nitrogens is 2. The van der Waals surface area contributed by atoms with Crippen LogP contribution in [0, 0.1) is 5.92 Å². The highest BCUT2D eigenvalue weighted by molar-refractivity contribution is 5.32. The number of piperidine rings is 1. The second kappa shape index (κ2) is 6.70. The number of anilines is 1. The molecule has 0 saturated carbocycles. The Balaban J connectivity index is 1.92. The van der Waals surface area contributed by atoms with Gasteiger partial charge in [0.05, 0.1) is 19.5 Å². The van der Waals surface area contributed by atoms with E-state index in [9.17, 15) is 0 Å². The molecule has 2 heterocycles. The molecule has 1 fully saturated rings. The first-order valence-electron chi connectivity index (χ1n) is 7.03. The molecule has 1 atom stereocenters. The van der Waals surface area contributed by atoms with E-state index in [4.69, 9.17) is 4.74 Å². The predicted octanol–water partition coefficient (Wildman–Crippen LogP) is 1.70. The highest BCUT2D eigenvalue weighted by Gasteiger charge is 2.21. The molecule has 0 bridgehead atoms. The van der Waals surface area contributed by atoms with E-state index in [1.54, 1.807) is 19.5 Å². The molecule has 0 aromatic carbocycles. The van der Waals surface area contributed by atoms with Gasteiger partial charge in [-0.25, -0.2) is 9.97 Å². The third kappa shape index (κ3) is 4.06. The van der Waals surface area contributed by atoms with Crippen molar-refractivity contribution in [3.63, 3.8) is 0 Å². The van der Waals surface area contributed by atoms with Crippen molar-refractivity contribution in [2.45, 2.75) is 32.7 Å². The fourth-order valence-corrected chi connectivity index (χ4v) is 2.39. The normalized spacial score (nSPS) is 19.8. The van der Waals surface area contributed by atoms with E-state index in [-0.39, 0.29) is 0 Å². The number of hydrogen-bond acceptors (Lipinski definition) is 5. The average molecular weight is 264 g/mol. The van der Waals surface area contributed by atoms with Gasteiger partial charge < -0.3 is 15.0 Å². The van der Waals surface area contributed by atoms with Gasteiger partial charge in [0.2, 0.25) is 5.95 Å². The van der Waals surface area contributed by atoms with E-state index in [1.165, 1.54) is 12.8 Å². The minimum absolute atomic E-state index is 0.549. The summed E-state index contributed by atoms with van der Waals surface area (Å²) >= 11 is 0. The maximum atomic E-state index is 5.09. The minimum Gasteiger partial charge on any atom is -0.494 e. The maximum absolute atomic E-state index is 5.09. The van der Waals surface area contributed by atoms with Gasteiger partial charge in [0.25, 0.3) is 0 Å². The molecule has 1 aromatic rings. The van der Waals surface area contributed by atoms with Crippen molar-refractivity contribution in [2.75, 3.05) is 31.6 Å². The monoisotopic (exact) mass is 264 g/mol. The van der Waals surface area contributed by atoms with Crippen molar-refractivity contribution < 1.29 is 4.74 Å². The molecule has 1 unspecified atom stereocenters. The lowest BCUT2D eigenvalue weighted by Crippen LogP contribution is -2.41. The summed E-state index contributed by atoms with van der Waals surface area (Å²) in [6, 6.07) is 0.549. The van der Waals surface area contributed by atoms with Gasteiger partial charge in [0.1, 0.15) is 0 Å². The summed E-state index contributed by atoms with van der Waals surface area (Å²) in [5, 5.41) is 3.52. The van der Waals surface area contributed by atoms with Crippen LogP contribution in [0.25, 0.3) is 0 Å². The largest absolute Gasteiger partial charge is 0.494 e. The molecule has 0 radical (unpaired) electrons. The number of hydrogen-bond donors (Lipinski definition) is 1. The zero-order valence-electron chi connectivity index (χ0n) is 12.1. The van der Waals surface area contributed by atoms with Crippen molar-refractivity contribution in [3.8, 4) is 5.75 Å². The van der Waals surface area contributed by atoms with Gasteiger partial charge in [-0.05, 0) is 25.3 Å². The Morgan fingerprint density at radius 2 is 2.16 bits per heavy atom. The molecule has 0 amide bonds. The zero-order chi connectivity index (χ0) is 13.7. The Bertz CT molecular complexity index is 380.